The van der Waals surface area contributed by atoms with Crippen molar-refractivity contribution in [1.82, 2.24) is 0 Å². The van der Waals surface area contributed by atoms with Gasteiger partial charge < -0.3 is 0 Å². The maximum atomic E-state index is 2.63. The second-order valence-corrected chi connectivity index (χ2v) is 7.17. The van der Waals surface area contributed by atoms with Crippen LogP contribution in [0.1, 0.15) is 46.0 Å². The van der Waals surface area contributed by atoms with Crippen molar-refractivity contribution in [3.8, 4) is 0 Å². The maximum absolute atomic E-state index is 2.63. The Labute approximate surface area is 105 Å². The Kier molecular flexibility index (Phi) is 2.14. The molecule has 92 valence electrons. The van der Waals surface area contributed by atoms with Gasteiger partial charge in [0.2, 0.25) is 0 Å². The van der Waals surface area contributed by atoms with E-state index in [1.54, 1.807) is 12.0 Å². The molecule has 4 fully saturated rings. The summed E-state index contributed by atoms with van der Waals surface area (Å²) in [5.74, 6) is 6.97. The van der Waals surface area contributed by atoms with Gasteiger partial charge in [0, 0.05) is 0 Å². The third-order valence-electron chi connectivity index (χ3n) is 6.12. The van der Waals surface area contributed by atoms with Gasteiger partial charge in [-0.25, -0.2) is 0 Å². The van der Waals surface area contributed by atoms with Crippen molar-refractivity contribution in [3.05, 3.63) is 23.3 Å². The molecule has 0 heterocycles. The van der Waals surface area contributed by atoms with Gasteiger partial charge in [-0.2, -0.15) is 0 Å². The molecule has 0 aliphatic heterocycles. The minimum atomic E-state index is 1.12. The number of hydrogen-bond donors (Lipinski definition) is 0. The summed E-state index contributed by atoms with van der Waals surface area (Å²) in [6.45, 7) is 4.43. The molecule has 17 heavy (non-hydrogen) atoms. The number of rotatable bonds is 3. The van der Waals surface area contributed by atoms with Crippen LogP contribution in [0.3, 0.4) is 0 Å². The monoisotopic (exact) mass is 228 g/mol. The van der Waals surface area contributed by atoms with E-state index in [2.05, 4.69) is 26.0 Å². The summed E-state index contributed by atoms with van der Waals surface area (Å²) < 4.78 is 0. The lowest BCUT2D eigenvalue weighted by Crippen LogP contribution is -2.09. The van der Waals surface area contributed by atoms with Crippen LogP contribution >= 0.6 is 0 Å². The van der Waals surface area contributed by atoms with E-state index in [1.807, 2.05) is 0 Å². The van der Waals surface area contributed by atoms with Crippen molar-refractivity contribution in [1.29, 1.82) is 0 Å². The summed E-state index contributed by atoms with van der Waals surface area (Å²) in [6, 6.07) is 0. The molecule has 5 aliphatic rings. The van der Waals surface area contributed by atoms with E-state index >= 15 is 0 Å². The van der Waals surface area contributed by atoms with Gasteiger partial charge in [0.25, 0.3) is 0 Å². The quantitative estimate of drug-likeness (QED) is 0.620. The molecule has 4 saturated carbocycles. The van der Waals surface area contributed by atoms with Gasteiger partial charge in [0.05, 0.1) is 0 Å². The second kappa shape index (κ2) is 3.49. The lowest BCUT2D eigenvalue weighted by Gasteiger charge is -2.16. The van der Waals surface area contributed by atoms with Gasteiger partial charge in [-0.05, 0) is 81.5 Å². The molecule has 0 nitrogen and oxygen atoms in total. The molecule has 6 atom stereocenters. The summed E-state index contributed by atoms with van der Waals surface area (Å²) in [5.41, 5.74) is 3.27. The van der Waals surface area contributed by atoms with Crippen LogP contribution in [0.15, 0.2) is 23.3 Å². The fourth-order valence-electron chi connectivity index (χ4n) is 5.56. The Morgan fingerprint density at radius 1 is 1.18 bits per heavy atom. The van der Waals surface area contributed by atoms with E-state index in [0.29, 0.717) is 0 Å². The van der Waals surface area contributed by atoms with Crippen molar-refractivity contribution in [3.63, 3.8) is 0 Å². The van der Waals surface area contributed by atoms with E-state index in [-0.39, 0.29) is 0 Å². The molecule has 0 amide bonds. The zero-order valence-electron chi connectivity index (χ0n) is 11.2. The van der Waals surface area contributed by atoms with E-state index in [1.165, 1.54) is 49.0 Å². The van der Waals surface area contributed by atoms with Gasteiger partial charge in [-0.3, -0.25) is 0 Å². The first kappa shape index (κ1) is 10.4. The van der Waals surface area contributed by atoms with Crippen LogP contribution in [0.25, 0.3) is 0 Å². The largest absolute Gasteiger partial charge is 0.0856 e. The van der Waals surface area contributed by atoms with Gasteiger partial charge >= 0.3 is 0 Å². The summed E-state index contributed by atoms with van der Waals surface area (Å²) >= 11 is 0. The average molecular weight is 228 g/mol. The van der Waals surface area contributed by atoms with E-state index in [0.717, 1.165) is 17.8 Å². The summed E-state index contributed by atoms with van der Waals surface area (Å²) in [5, 5.41) is 0. The highest BCUT2D eigenvalue weighted by Gasteiger charge is 2.72. The molecule has 6 bridgehead atoms. The van der Waals surface area contributed by atoms with Crippen molar-refractivity contribution in [2.75, 3.05) is 0 Å². The molecular weight excluding hydrogens is 204 g/mol. The number of hydrogen-bond acceptors (Lipinski definition) is 0. The highest BCUT2D eigenvalue weighted by molar-refractivity contribution is 5.26. The topological polar surface area (TPSA) is 0 Å². The summed E-state index contributed by atoms with van der Waals surface area (Å²) in [6.07, 6.45) is 12.2. The highest BCUT2D eigenvalue weighted by atomic mass is 14.8. The molecule has 0 radical (unpaired) electrons. The average Bonchev–Trinajstić information content (AvgIpc) is 2.57. The Morgan fingerprint density at radius 3 is 2.76 bits per heavy atom. The lowest BCUT2D eigenvalue weighted by molar-refractivity contribution is 0.344. The standard InChI is InChI=1S/C17H24/c1-10(2)4-3-5-11-6-7-12-13-9-15-16(12)17(15)14(13)8-11/h4,6,12-17H,3,5,7-9H2,1-2H3/t12-,13-,14+,15+,16+,17-/m0/s1. The van der Waals surface area contributed by atoms with Crippen LogP contribution in [-0.2, 0) is 0 Å². The third-order valence-corrected chi connectivity index (χ3v) is 6.12. The van der Waals surface area contributed by atoms with Gasteiger partial charge in [-0.1, -0.05) is 23.3 Å². The fourth-order valence-corrected chi connectivity index (χ4v) is 5.56. The van der Waals surface area contributed by atoms with Crippen molar-refractivity contribution >= 4 is 0 Å². The van der Waals surface area contributed by atoms with Crippen molar-refractivity contribution in [2.24, 2.45) is 35.5 Å². The molecule has 0 aromatic carbocycles. The first-order valence-corrected chi connectivity index (χ1v) is 7.57. The third kappa shape index (κ3) is 1.42. The fraction of sp³-hybridized carbons (Fsp3) is 0.765. The van der Waals surface area contributed by atoms with Crippen molar-refractivity contribution in [2.45, 2.75) is 46.0 Å². The van der Waals surface area contributed by atoms with Crippen molar-refractivity contribution < 1.29 is 0 Å². The predicted molar refractivity (Wildman–Crippen MR) is 71.5 cm³/mol. The molecule has 0 aromatic heterocycles. The molecule has 0 saturated heterocycles. The Morgan fingerprint density at radius 2 is 2.00 bits per heavy atom. The lowest BCUT2D eigenvalue weighted by atomic mass is 9.88. The molecule has 5 rings (SSSR count). The molecule has 0 unspecified atom stereocenters. The molecule has 0 N–H and O–H groups in total. The molecule has 5 aliphatic carbocycles. The van der Waals surface area contributed by atoms with E-state index in [4.69, 9.17) is 0 Å². The zero-order valence-corrected chi connectivity index (χ0v) is 11.2. The molecule has 0 heteroatoms. The first-order valence-electron chi connectivity index (χ1n) is 7.57. The van der Waals surface area contributed by atoms with Crippen LogP contribution in [0.2, 0.25) is 0 Å². The zero-order chi connectivity index (χ0) is 11.6. The van der Waals surface area contributed by atoms with E-state index < -0.39 is 0 Å². The summed E-state index contributed by atoms with van der Waals surface area (Å²) in [4.78, 5) is 0. The Hall–Kier alpha value is -0.520. The van der Waals surface area contributed by atoms with Crippen LogP contribution in [-0.4, -0.2) is 0 Å². The first-order chi connectivity index (χ1) is 8.25. The van der Waals surface area contributed by atoms with Gasteiger partial charge in [0.1, 0.15) is 0 Å². The van der Waals surface area contributed by atoms with Gasteiger partial charge in [0.15, 0.2) is 0 Å². The molecule has 0 spiro atoms. The minimum Gasteiger partial charge on any atom is -0.0856 e. The smallest absolute Gasteiger partial charge is 0.0285 e. The highest BCUT2D eigenvalue weighted by Crippen LogP contribution is 2.78. The molecule has 0 aromatic rings. The van der Waals surface area contributed by atoms with Crippen LogP contribution in [0.4, 0.5) is 0 Å². The normalized spacial score (nSPS) is 48.7. The Bertz CT molecular complexity index is 396. The van der Waals surface area contributed by atoms with E-state index in [9.17, 15) is 0 Å². The SMILES string of the molecule is CC(C)=CCCC1=CC[C@H]2[C@@H]3C[C@H]4[C@H]([C@@H]3C1)[C@@H]42. The minimum absolute atomic E-state index is 1.12. The number of allylic oxidation sites excluding steroid dienone is 4. The summed E-state index contributed by atoms with van der Waals surface area (Å²) in [7, 11) is 0. The molecular formula is C17H24. The van der Waals surface area contributed by atoms with Crippen LogP contribution < -0.4 is 0 Å². The maximum Gasteiger partial charge on any atom is -0.0285 e. The van der Waals surface area contributed by atoms with Gasteiger partial charge in [-0.15, -0.1) is 0 Å². The van der Waals surface area contributed by atoms with Crippen LogP contribution in [0, 0.1) is 35.5 Å². The Balaban J connectivity index is 1.44. The predicted octanol–water partition coefficient (Wildman–Crippen LogP) is 4.58. The second-order valence-electron chi connectivity index (χ2n) is 7.17. The van der Waals surface area contributed by atoms with Crippen LogP contribution in [0.5, 0.6) is 0 Å².